The van der Waals surface area contributed by atoms with Crippen LogP contribution >= 0.6 is 23.4 Å². The van der Waals surface area contributed by atoms with E-state index in [2.05, 4.69) is 15.5 Å². The maximum absolute atomic E-state index is 12.5. The second-order valence-electron chi connectivity index (χ2n) is 6.33. The van der Waals surface area contributed by atoms with Crippen molar-refractivity contribution in [2.45, 2.75) is 30.8 Å². The molecule has 1 atom stereocenters. The highest BCUT2D eigenvalue weighted by atomic mass is 35.5. The van der Waals surface area contributed by atoms with E-state index in [1.54, 1.807) is 11.8 Å². The number of thioether (sulfide) groups is 1. The normalized spacial score (nSPS) is 12.0. The molecule has 3 aromatic rings. The molecule has 0 spiro atoms. The summed E-state index contributed by atoms with van der Waals surface area (Å²) in [5.41, 5.74) is 2.78. The first-order valence-corrected chi connectivity index (χ1v) is 9.95. The molecule has 1 amide bonds. The summed E-state index contributed by atoms with van der Waals surface area (Å²) in [5.74, 6) is 1.38. The monoisotopic (exact) mass is 400 g/mol. The summed E-state index contributed by atoms with van der Waals surface area (Å²) in [6, 6.07) is 15.0. The van der Waals surface area contributed by atoms with Crippen molar-refractivity contribution in [3.63, 3.8) is 0 Å². The molecule has 0 unspecified atom stereocenters. The largest absolute Gasteiger partial charge is 0.342 e. The lowest BCUT2D eigenvalue weighted by molar-refractivity contribution is 0.0937. The summed E-state index contributed by atoms with van der Waals surface area (Å²) in [6.07, 6.45) is 0. The highest BCUT2D eigenvalue weighted by Crippen LogP contribution is 2.24. The van der Waals surface area contributed by atoms with E-state index >= 15 is 0 Å². The SMILES string of the molecule is Cc1ccccc1C(=O)N[C@@H](C)c1nnc(SCc2ccc(Cl)cc2)n1C. The number of carbonyl (C=O) groups excluding carboxylic acids is 1. The fourth-order valence-corrected chi connectivity index (χ4v) is 3.72. The third-order valence-corrected chi connectivity index (χ3v) is 5.62. The molecule has 0 saturated carbocycles. The Labute approximate surface area is 168 Å². The van der Waals surface area contributed by atoms with Crippen LogP contribution in [0.1, 0.15) is 40.3 Å². The number of rotatable bonds is 6. The molecule has 1 heterocycles. The molecular weight excluding hydrogens is 380 g/mol. The molecule has 0 fully saturated rings. The number of benzene rings is 2. The van der Waals surface area contributed by atoms with Crippen molar-refractivity contribution in [1.82, 2.24) is 20.1 Å². The van der Waals surface area contributed by atoms with Gasteiger partial charge in [-0.15, -0.1) is 10.2 Å². The van der Waals surface area contributed by atoms with Gasteiger partial charge in [-0.3, -0.25) is 4.79 Å². The van der Waals surface area contributed by atoms with Gasteiger partial charge in [-0.25, -0.2) is 0 Å². The molecule has 0 aliphatic carbocycles. The molecule has 2 aromatic carbocycles. The third kappa shape index (κ3) is 4.70. The molecule has 27 heavy (non-hydrogen) atoms. The maximum Gasteiger partial charge on any atom is 0.252 e. The van der Waals surface area contributed by atoms with Crippen molar-refractivity contribution in [2.24, 2.45) is 7.05 Å². The third-order valence-electron chi connectivity index (χ3n) is 4.27. The number of hydrogen-bond donors (Lipinski definition) is 1. The van der Waals surface area contributed by atoms with Gasteiger partial charge in [0.15, 0.2) is 11.0 Å². The molecule has 0 aliphatic heterocycles. The molecule has 1 N–H and O–H groups in total. The van der Waals surface area contributed by atoms with E-state index in [4.69, 9.17) is 11.6 Å². The first-order chi connectivity index (χ1) is 13.0. The first kappa shape index (κ1) is 19.5. The topological polar surface area (TPSA) is 59.8 Å². The second-order valence-corrected chi connectivity index (χ2v) is 7.70. The van der Waals surface area contributed by atoms with Crippen molar-refractivity contribution < 1.29 is 4.79 Å². The highest BCUT2D eigenvalue weighted by molar-refractivity contribution is 7.98. The lowest BCUT2D eigenvalue weighted by Crippen LogP contribution is -2.29. The van der Waals surface area contributed by atoms with Crippen LogP contribution in [0.2, 0.25) is 5.02 Å². The molecule has 140 valence electrons. The average Bonchev–Trinajstić information content (AvgIpc) is 3.02. The van der Waals surface area contributed by atoms with Gasteiger partial charge in [-0.05, 0) is 43.2 Å². The number of nitrogens with zero attached hydrogens (tertiary/aromatic N) is 3. The molecule has 7 heteroatoms. The van der Waals surface area contributed by atoms with Crippen LogP contribution in [-0.4, -0.2) is 20.7 Å². The fourth-order valence-electron chi connectivity index (χ4n) is 2.72. The Kier molecular flexibility index (Phi) is 6.19. The number of aromatic nitrogens is 3. The zero-order valence-corrected chi connectivity index (χ0v) is 17.0. The standard InChI is InChI=1S/C20H21ClN4OS/c1-13-6-4-5-7-17(13)19(26)22-14(2)18-23-24-20(25(18)3)27-12-15-8-10-16(21)11-9-15/h4-11,14H,12H2,1-3H3,(H,22,26)/t14-/m0/s1. The molecule has 0 radical (unpaired) electrons. The predicted octanol–water partition coefficient (Wildman–Crippen LogP) is 4.56. The van der Waals surface area contributed by atoms with Gasteiger partial charge in [-0.1, -0.05) is 53.7 Å². The Balaban J connectivity index is 1.66. The van der Waals surface area contributed by atoms with Gasteiger partial charge >= 0.3 is 0 Å². The van der Waals surface area contributed by atoms with E-state index in [1.807, 2.05) is 74.0 Å². The minimum Gasteiger partial charge on any atom is -0.342 e. The number of hydrogen-bond acceptors (Lipinski definition) is 4. The highest BCUT2D eigenvalue weighted by Gasteiger charge is 2.19. The summed E-state index contributed by atoms with van der Waals surface area (Å²) < 4.78 is 1.92. The van der Waals surface area contributed by atoms with E-state index in [0.717, 1.165) is 32.9 Å². The Morgan fingerprint density at radius 3 is 2.59 bits per heavy atom. The molecule has 3 rings (SSSR count). The van der Waals surface area contributed by atoms with E-state index in [0.29, 0.717) is 5.56 Å². The Hall–Kier alpha value is -2.31. The molecule has 0 saturated heterocycles. The van der Waals surface area contributed by atoms with Crippen molar-refractivity contribution >= 4 is 29.3 Å². The minimum absolute atomic E-state index is 0.112. The molecule has 0 bridgehead atoms. The van der Waals surface area contributed by atoms with Crippen LogP contribution in [-0.2, 0) is 12.8 Å². The second kappa shape index (κ2) is 8.59. The van der Waals surface area contributed by atoms with Crippen molar-refractivity contribution in [1.29, 1.82) is 0 Å². The molecule has 5 nitrogen and oxygen atoms in total. The lowest BCUT2D eigenvalue weighted by Gasteiger charge is -2.14. The minimum atomic E-state index is -0.250. The summed E-state index contributed by atoms with van der Waals surface area (Å²) in [5, 5.41) is 13.1. The van der Waals surface area contributed by atoms with E-state index in [-0.39, 0.29) is 11.9 Å². The number of carbonyl (C=O) groups is 1. The van der Waals surface area contributed by atoms with Crippen molar-refractivity contribution in [3.8, 4) is 0 Å². The van der Waals surface area contributed by atoms with Crippen LogP contribution in [0.4, 0.5) is 0 Å². The van der Waals surface area contributed by atoms with Gasteiger partial charge in [-0.2, -0.15) is 0 Å². The fraction of sp³-hybridized carbons (Fsp3) is 0.250. The summed E-state index contributed by atoms with van der Waals surface area (Å²) in [7, 11) is 1.91. The Bertz CT molecular complexity index is 939. The van der Waals surface area contributed by atoms with E-state index in [9.17, 15) is 4.79 Å². The van der Waals surface area contributed by atoms with Crippen LogP contribution in [0, 0.1) is 6.92 Å². The zero-order valence-electron chi connectivity index (χ0n) is 15.4. The van der Waals surface area contributed by atoms with Gasteiger partial charge in [0.25, 0.3) is 5.91 Å². The van der Waals surface area contributed by atoms with Gasteiger partial charge in [0, 0.05) is 23.4 Å². The van der Waals surface area contributed by atoms with Crippen LogP contribution in [0.25, 0.3) is 0 Å². The first-order valence-electron chi connectivity index (χ1n) is 8.58. The van der Waals surface area contributed by atoms with Gasteiger partial charge in [0.05, 0.1) is 6.04 Å². The van der Waals surface area contributed by atoms with Crippen molar-refractivity contribution in [3.05, 3.63) is 76.1 Å². The lowest BCUT2D eigenvalue weighted by atomic mass is 10.1. The Morgan fingerprint density at radius 1 is 1.19 bits per heavy atom. The van der Waals surface area contributed by atoms with E-state index in [1.165, 1.54) is 0 Å². The van der Waals surface area contributed by atoms with Crippen LogP contribution in [0.5, 0.6) is 0 Å². The maximum atomic E-state index is 12.5. The molecule has 1 aromatic heterocycles. The average molecular weight is 401 g/mol. The number of aryl methyl sites for hydroxylation is 1. The van der Waals surface area contributed by atoms with Crippen LogP contribution in [0.15, 0.2) is 53.7 Å². The number of amides is 1. The smallest absolute Gasteiger partial charge is 0.252 e. The van der Waals surface area contributed by atoms with Gasteiger partial charge < -0.3 is 9.88 Å². The number of halogens is 1. The predicted molar refractivity (Wildman–Crippen MR) is 109 cm³/mol. The van der Waals surface area contributed by atoms with Crippen LogP contribution < -0.4 is 5.32 Å². The van der Waals surface area contributed by atoms with Crippen LogP contribution in [0.3, 0.4) is 0 Å². The molecular formula is C20H21ClN4OS. The summed E-state index contributed by atoms with van der Waals surface area (Å²) >= 11 is 7.52. The zero-order chi connectivity index (χ0) is 19.4. The summed E-state index contributed by atoms with van der Waals surface area (Å²) in [4.78, 5) is 12.5. The van der Waals surface area contributed by atoms with E-state index < -0.39 is 0 Å². The van der Waals surface area contributed by atoms with Crippen molar-refractivity contribution in [2.75, 3.05) is 0 Å². The Morgan fingerprint density at radius 2 is 1.89 bits per heavy atom. The van der Waals surface area contributed by atoms with Gasteiger partial charge in [0.2, 0.25) is 0 Å². The quantitative estimate of drug-likeness (QED) is 0.616. The summed E-state index contributed by atoms with van der Waals surface area (Å²) in [6.45, 7) is 3.83. The molecule has 0 aliphatic rings. The van der Waals surface area contributed by atoms with Gasteiger partial charge in [0.1, 0.15) is 0 Å². The number of nitrogens with one attached hydrogen (secondary N) is 1.